The summed E-state index contributed by atoms with van der Waals surface area (Å²) in [4.78, 5) is 31.7. The molecule has 0 radical (unpaired) electrons. The van der Waals surface area contributed by atoms with E-state index >= 15 is 0 Å². The second-order valence-electron chi connectivity index (χ2n) is 6.79. The molecule has 1 aromatic carbocycles. The molecule has 0 bridgehead atoms. The summed E-state index contributed by atoms with van der Waals surface area (Å²) in [6.07, 6.45) is 1.63. The molecule has 0 saturated carbocycles. The Morgan fingerprint density at radius 1 is 1.17 bits per heavy atom. The molecule has 2 aromatic heterocycles. The molecule has 0 atom stereocenters. The molecule has 3 aromatic rings. The van der Waals surface area contributed by atoms with Gasteiger partial charge < -0.3 is 15.0 Å². The fourth-order valence-corrected chi connectivity index (χ4v) is 3.28. The van der Waals surface area contributed by atoms with E-state index < -0.39 is 17.2 Å². The van der Waals surface area contributed by atoms with Crippen molar-refractivity contribution in [3.8, 4) is 5.69 Å². The first-order valence-electron chi connectivity index (χ1n) is 9.49. The number of nitrogens with zero attached hydrogens (tertiary/aromatic N) is 4. The Morgan fingerprint density at radius 2 is 1.93 bits per heavy atom. The van der Waals surface area contributed by atoms with Gasteiger partial charge in [0.1, 0.15) is 11.5 Å². The van der Waals surface area contributed by atoms with E-state index in [4.69, 9.17) is 4.74 Å². The molecule has 1 amide bonds. The van der Waals surface area contributed by atoms with Crippen LogP contribution in [0.25, 0.3) is 5.69 Å². The van der Waals surface area contributed by atoms with Crippen LogP contribution in [0.3, 0.4) is 0 Å². The quantitative estimate of drug-likeness (QED) is 0.710. The minimum absolute atomic E-state index is 0.152. The molecular formula is C21H20FN5O3. The molecule has 154 valence electrons. The molecule has 9 heteroatoms. The number of aromatic nitrogens is 3. The molecule has 4 rings (SSSR count). The molecule has 1 N–H and O–H groups in total. The third-order valence-electron chi connectivity index (χ3n) is 4.75. The van der Waals surface area contributed by atoms with Crippen molar-refractivity contribution in [3.05, 3.63) is 76.1 Å². The minimum Gasteiger partial charge on any atom is -0.378 e. The van der Waals surface area contributed by atoms with Crippen molar-refractivity contribution in [1.29, 1.82) is 0 Å². The van der Waals surface area contributed by atoms with Crippen LogP contribution in [0.5, 0.6) is 0 Å². The number of aryl methyl sites for hydroxylation is 1. The van der Waals surface area contributed by atoms with Crippen LogP contribution >= 0.6 is 0 Å². The summed E-state index contributed by atoms with van der Waals surface area (Å²) in [7, 11) is 0. The maximum atomic E-state index is 14.2. The Balaban J connectivity index is 1.68. The van der Waals surface area contributed by atoms with Crippen LogP contribution in [0.2, 0.25) is 0 Å². The van der Waals surface area contributed by atoms with E-state index in [0.29, 0.717) is 43.5 Å². The minimum atomic E-state index is -0.687. The lowest BCUT2D eigenvalue weighted by molar-refractivity contribution is 0.101. The highest BCUT2D eigenvalue weighted by atomic mass is 19.1. The highest BCUT2D eigenvalue weighted by Crippen LogP contribution is 2.24. The Morgan fingerprint density at radius 3 is 2.70 bits per heavy atom. The van der Waals surface area contributed by atoms with Crippen LogP contribution in [-0.2, 0) is 4.74 Å². The van der Waals surface area contributed by atoms with Crippen LogP contribution in [0.4, 0.5) is 15.9 Å². The van der Waals surface area contributed by atoms with Gasteiger partial charge in [0.25, 0.3) is 5.91 Å². The monoisotopic (exact) mass is 409 g/mol. The molecule has 1 aliphatic heterocycles. The third kappa shape index (κ3) is 3.92. The smallest absolute Gasteiger partial charge is 0.280 e. The summed E-state index contributed by atoms with van der Waals surface area (Å²) in [6, 6.07) is 10.7. The SMILES string of the molecule is Cc1cc(=O)c(C(=O)Nc2cccnc2N2CCOCC2)nn1-c1ccccc1F. The molecule has 0 spiro atoms. The van der Waals surface area contributed by atoms with Crippen molar-refractivity contribution in [1.82, 2.24) is 14.8 Å². The second-order valence-corrected chi connectivity index (χ2v) is 6.79. The lowest BCUT2D eigenvalue weighted by atomic mass is 10.2. The van der Waals surface area contributed by atoms with Crippen LogP contribution in [0.1, 0.15) is 16.2 Å². The van der Waals surface area contributed by atoms with E-state index in [1.54, 1.807) is 37.4 Å². The zero-order valence-electron chi connectivity index (χ0n) is 16.3. The first-order valence-corrected chi connectivity index (χ1v) is 9.49. The van der Waals surface area contributed by atoms with Gasteiger partial charge in [-0.15, -0.1) is 0 Å². The van der Waals surface area contributed by atoms with E-state index in [0.717, 1.165) is 0 Å². The highest BCUT2D eigenvalue weighted by Gasteiger charge is 2.21. The van der Waals surface area contributed by atoms with Crippen molar-refractivity contribution < 1.29 is 13.9 Å². The summed E-state index contributed by atoms with van der Waals surface area (Å²) >= 11 is 0. The molecule has 1 fully saturated rings. The maximum absolute atomic E-state index is 14.2. The summed E-state index contributed by atoms with van der Waals surface area (Å²) < 4.78 is 20.8. The molecule has 3 heterocycles. The Hall–Kier alpha value is -3.59. The maximum Gasteiger partial charge on any atom is 0.280 e. The van der Waals surface area contributed by atoms with E-state index in [9.17, 15) is 14.0 Å². The normalized spacial score (nSPS) is 13.9. The van der Waals surface area contributed by atoms with Gasteiger partial charge in [-0.25, -0.2) is 14.1 Å². The van der Waals surface area contributed by atoms with Gasteiger partial charge >= 0.3 is 0 Å². The van der Waals surface area contributed by atoms with Gasteiger partial charge in [-0.1, -0.05) is 12.1 Å². The first-order chi connectivity index (χ1) is 14.5. The number of carbonyl (C=O) groups is 1. The molecule has 8 nitrogen and oxygen atoms in total. The lowest BCUT2D eigenvalue weighted by Crippen LogP contribution is -2.37. The number of nitrogens with one attached hydrogen (secondary N) is 1. The number of para-hydroxylation sites is 1. The molecule has 1 aliphatic rings. The van der Waals surface area contributed by atoms with Gasteiger partial charge in [-0.3, -0.25) is 9.59 Å². The van der Waals surface area contributed by atoms with Crippen LogP contribution in [-0.4, -0.2) is 47.0 Å². The summed E-state index contributed by atoms with van der Waals surface area (Å²) in [5.41, 5.74) is 0.148. The fourth-order valence-electron chi connectivity index (χ4n) is 3.28. The highest BCUT2D eigenvalue weighted by molar-refractivity contribution is 6.04. The molecule has 0 aliphatic carbocycles. The van der Waals surface area contributed by atoms with Crippen molar-refractivity contribution in [3.63, 3.8) is 0 Å². The van der Waals surface area contributed by atoms with Gasteiger partial charge in [-0.05, 0) is 31.2 Å². The van der Waals surface area contributed by atoms with Crippen molar-refractivity contribution >= 4 is 17.4 Å². The molecule has 30 heavy (non-hydrogen) atoms. The van der Waals surface area contributed by atoms with E-state index in [1.807, 2.05) is 4.90 Å². The number of halogens is 1. The summed E-state index contributed by atoms with van der Waals surface area (Å²) in [6.45, 7) is 4.04. The number of ether oxygens (including phenoxy) is 1. The van der Waals surface area contributed by atoms with Crippen LogP contribution in [0, 0.1) is 12.7 Å². The Labute approximate surface area is 171 Å². The average Bonchev–Trinajstić information content (AvgIpc) is 2.75. The Kier molecular flexibility index (Phi) is 5.53. The lowest BCUT2D eigenvalue weighted by Gasteiger charge is -2.29. The fraction of sp³-hybridized carbons (Fsp3) is 0.238. The average molecular weight is 409 g/mol. The molecule has 0 unspecified atom stereocenters. The van der Waals surface area contributed by atoms with E-state index in [1.165, 1.54) is 22.9 Å². The predicted octanol–water partition coefficient (Wildman–Crippen LogP) is 2.16. The first kappa shape index (κ1) is 19.7. The van der Waals surface area contributed by atoms with Gasteiger partial charge in [0.05, 0.1) is 18.9 Å². The van der Waals surface area contributed by atoms with Crippen LogP contribution in [0.15, 0.2) is 53.5 Å². The van der Waals surface area contributed by atoms with E-state index in [-0.39, 0.29) is 11.4 Å². The van der Waals surface area contributed by atoms with Gasteiger partial charge in [0.15, 0.2) is 11.5 Å². The number of hydrogen-bond donors (Lipinski definition) is 1. The number of anilines is 2. The number of pyridine rings is 1. The number of amides is 1. The predicted molar refractivity (Wildman–Crippen MR) is 110 cm³/mol. The van der Waals surface area contributed by atoms with Crippen molar-refractivity contribution in [2.24, 2.45) is 0 Å². The number of morpholine rings is 1. The Bertz CT molecular complexity index is 1140. The van der Waals surface area contributed by atoms with E-state index in [2.05, 4.69) is 15.4 Å². The second kappa shape index (κ2) is 8.42. The standard InChI is InChI=1S/C21H20FN5O3/c1-14-13-18(28)19(25-27(14)17-7-3-2-5-15(17)22)21(29)24-16-6-4-8-23-20(16)26-9-11-30-12-10-26/h2-8,13H,9-12H2,1H3,(H,24,29). The third-order valence-corrected chi connectivity index (χ3v) is 4.75. The number of benzene rings is 1. The molecular weight excluding hydrogens is 389 g/mol. The number of hydrogen-bond acceptors (Lipinski definition) is 6. The van der Waals surface area contributed by atoms with Gasteiger partial charge in [0, 0.05) is 31.0 Å². The van der Waals surface area contributed by atoms with Crippen molar-refractivity contribution in [2.45, 2.75) is 6.92 Å². The number of rotatable bonds is 4. The van der Waals surface area contributed by atoms with Gasteiger partial charge in [0.2, 0.25) is 5.43 Å². The van der Waals surface area contributed by atoms with Crippen LogP contribution < -0.4 is 15.6 Å². The van der Waals surface area contributed by atoms with Gasteiger partial charge in [-0.2, -0.15) is 5.10 Å². The van der Waals surface area contributed by atoms with Crippen molar-refractivity contribution in [2.75, 3.05) is 36.5 Å². The number of carbonyl (C=O) groups excluding carboxylic acids is 1. The summed E-state index contributed by atoms with van der Waals surface area (Å²) in [5.74, 6) is -0.603. The largest absolute Gasteiger partial charge is 0.378 e. The summed E-state index contributed by atoms with van der Waals surface area (Å²) in [5, 5.41) is 6.86. The molecule has 1 saturated heterocycles. The zero-order chi connectivity index (χ0) is 21.1. The zero-order valence-corrected chi connectivity index (χ0v) is 16.3. The topological polar surface area (TPSA) is 89.3 Å².